The van der Waals surface area contributed by atoms with E-state index in [1.165, 1.54) is 20.3 Å². The summed E-state index contributed by atoms with van der Waals surface area (Å²) in [6.45, 7) is 1.38. The molecule has 114 valence electrons. The lowest BCUT2D eigenvalue weighted by atomic mass is 9.87. The van der Waals surface area contributed by atoms with Crippen LogP contribution in [0.3, 0.4) is 0 Å². The average Bonchev–Trinajstić information content (AvgIpc) is 2.47. The third kappa shape index (κ3) is 3.53. The zero-order valence-electron chi connectivity index (χ0n) is 11.7. The highest BCUT2D eigenvalue weighted by Crippen LogP contribution is 2.36. The van der Waals surface area contributed by atoms with Crippen LogP contribution in [-0.2, 0) is 4.74 Å². The average molecular weight is 306 g/mol. The van der Waals surface area contributed by atoms with Crippen LogP contribution < -0.4 is 15.2 Å². The molecule has 1 fully saturated rings. The number of nitrogens with two attached hydrogens (primary N) is 1. The van der Waals surface area contributed by atoms with Crippen molar-refractivity contribution in [2.75, 3.05) is 27.4 Å². The molecule has 1 heterocycles. The predicted molar refractivity (Wildman–Crippen MR) is 77.2 cm³/mol. The van der Waals surface area contributed by atoms with E-state index in [1.807, 2.05) is 0 Å². The number of halogens is 2. The van der Waals surface area contributed by atoms with Crippen molar-refractivity contribution in [3.63, 3.8) is 0 Å². The largest absolute Gasteiger partial charge is 0.493 e. The van der Waals surface area contributed by atoms with Crippen LogP contribution in [0.25, 0.3) is 0 Å². The molecule has 0 saturated carbocycles. The second-order valence-corrected chi connectivity index (χ2v) is 4.70. The predicted octanol–water partition coefficient (Wildman–Crippen LogP) is 2.69. The molecule has 0 unspecified atom stereocenters. The summed E-state index contributed by atoms with van der Waals surface area (Å²) < 4.78 is 29.7. The molecule has 4 nitrogen and oxygen atoms in total. The Labute approximate surface area is 124 Å². The highest BCUT2D eigenvalue weighted by molar-refractivity contribution is 5.85. The quantitative estimate of drug-likeness (QED) is 0.929. The van der Waals surface area contributed by atoms with Gasteiger partial charge in [0.2, 0.25) is 0 Å². The molecule has 0 spiro atoms. The molecule has 1 atom stereocenters. The van der Waals surface area contributed by atoms with Crippen LogP contribution in [-0.4, -0.2) is 27.4 Å². The van der Waals surface area contributed by atoms with Gasteiger partial charge in [-0.1, -0.05) is 0 Å². The molecule has 2 rings (SSSR count). The number of ether oxygens (including phenoxy) is 3. The van der Waals surface area contributed by atoms with E-state index in [4.69, 9.17) is 19.9 Å². The Morgan fingerprint density at radius 1 is 1.20 bits per heavy atom. The molecule has 6 heteroatoms. The van der Waals surface area contributed by atoms with Gasteiger partial charge in [-0.3, -0.25) is 0 Å². The number of hydrogen-bond donors (Lipinski definition) is 1. The molecule has 1 aromatic rings. The smallest absolute Gasteiger partial charge is 0.163 e. The molecule has 20 heavy (non-hydrogen) atoms. The summed E-state index contributed by atoms with van der Waals surface area (Å²) in [5.41, 5.74) is 6.67. The summed E-state index contributed by atoms with van der Waals surface area (Å²) in [4.78, 5) is 0. The minimum atomic E-state index is -0.350. The van der Waals surface area contributed by atoms with Gasteiger partial charge in [-0.2, -0.15) is 0 Å². The van der Waals surface area contributed by atoms with Crippen LogP contribution in [0.4, 0.5) is 4.39 Å². The molecule has 2 N–H and O–H groups in total. The van der Waals surface area contributed by atoms with Gasteiger partial charge in [0.15, 0.2) is 11.5 Å². The monoisotopic (exact) mass is 305 g/mol. The lowest BCUT2D eigenvalue weighted by Crippen LogP contribution is -2.28. The number of benzene rings is 1. The standard InChI is InChI=1S/C14H20FNO3.ClH/c1-17-12-7-10(11(15)8-13(12)18-2)14(16)9-3-5-19-6-4-9;/h7-9,14H,3-6,16H2,1-2H3;1H/t14-;/m0./s1. The molecule has 1 aliphatic heterocycles. The molecular weight excluding hydrogens is 285 g/mol. The summed E-state index contributed by atoms with van der Waals surface area (Å²) in [6.07, 6.45) is 1.71. The van der Waals surface area contributed by atoms with E-state index in [9.17, 15) is 4.39 Å². The molecule has 0 radical (unpaired) electrons. The Hall–Kier alpha value is -1.04. The number of methoxy groups -OCH3 is 2. The van der Waals surface area contributed by atoms with Crippen molar-refractivity contribution >= 4 is 12.4 Å². The molecule has 0 aliphatic carbocycles. The first kappa shape index (κ1) is 17.0. The molecule has 1 aromatic carbocycles. The maximum atomic E-state index is 14.1. The minimum absolute atomic E-state index is 0. The van der Waals surface area contributed by atoms with Crippen molar-refractivity contribution in [3.8, 4) is 11.5 Å². The first-order valence-corrected chi connectivity index (χ1v) is 6.42. The zero-order chi connectivity index (χ0) is 13.8. The number of rotatable bonds is 4. The molecular formula is C14H21ClFNO3. The molecule has 1 saturated heterocycles. The van der Waals surface area contributed by atoms with Gasteiger partial charge in [0.05, 0.1) is 14.2 Å². The van der Waals surface area contributed by atoms with Crippen LogP contribution in [0.5, 0.6) is 11.5 Å². The van der Waals surface area contributed by atoms with E-state index >= 15 is 0 Å². The second kappa shape index (κ2) is 7.67. The van der Waals surface area contributed by atoms with E-state index in [0.29, 0.717) is 30.3 Å². The van der Waals surface area contributed by atoms with Gasteiger partial charge in [0, 0.05) is 30.9 Å². The highest BCUT2D eigenvalue weighted by Gasteiger charge is 2.25. The first-order valence-electron chi connectivity index (χ1n) is 6.42. The summed E-state index contributed by atoms with van der Waals surface area (Å²) in [6, 6.07) is 2.62. The zero-order valence-corrected chi connectivity index (χ0v) is 12.5. The topological polar surface area (TPSA) is 53.7 Å². The maximum absolute atomic E-state index is 14.1. The Bertz CT molecular complexity index is 439. The maximum Gasteiger partial charge on any atom is 0.163 e. The van der Waals surface area contributed by atoms with Crippen LogP contribution in [0.15, 0.2) is 12.1 Å². The lowest BCUT2D eigenvalue weighted by Gasteiger charge is -2.28. The summed E-state index contributed by atoms with van der Waals surface area (Å²) in [5, 5.41) is 0. The number of hydrogen-bond acceptors (Lipinski definition) is 4. The fourth-order valence-electron chi connectivity index (χ4n) is 2.45. The van der Waals surface area contributed by atoms with Gasteiger partial charge in [-0.15, -0.1) is 12.4 Å². The van der Waals surface area contributed by atoms with Crippen molar-refractivity contribution in [2.24, 2.45) is 11.7 Å². The fourth-order valence-corrected chi connectivity index (χ4v) is 2.45. The van der Waals surface area contributed by atoms with E-state index in [2.05, 4.69) is 0 Å². The van der Waals surface area contributed by atoms with Crippen molar-refractivity contribution in [2.45, 2.75) is 18.9 Å². The fraction of sp³-hybridized carbons (Fsp3) is 0.571. The molecule has 0 aromatic heterocycles. The van der Waals surface area contributed by atoms with E-state index in [-0.39, 0.29) is 30.2 Å². The Kier molecular flexibility index (Phi) is 6.52. The van der Waals surface area contributed by atoms with Gasteiger partial charge >= 0.3 is 0 Å². The highest BCUT2D eigenvalue weighted by atomic mass is 35.5. The van der Waals surface area contributed by atoms with Gasteiger partial charge < -0.3 is 19.9 Å². The molecule has 0 amide bonds. The molecule has 0 bridgehead atoms. The SMILES string of the molecule is COc1cc(F)c([C@@H](N)C2CCOCC2)cc1OC.Cl. The first-order chi connectivity index (χ1) is 9.17. The van der Waals surface area contributed by atoms with Gasteiger partial charge in [0.25, 0.3) is 0 Å². The van der Waals surface area contributed by atoms with Crippen molar-refractivity contribution < 1.29 is 18.6 Å². The van der Waals surface area contributed by atoms with Gasteiger partial charge in [-0.05, 0) is 24.8 Å². The third-order valence-corrected chi connectivity index (χ3v) is 3.64. The Morgan fingerprint density at radius 3 is 2.30 bits per heavy atom. The van der Waals surface area contributed by atoms with E-state index < -0.39 is 0 Å². The van der Waals surface area contributed by atoms with E-state index in [1.54, 1.807) is 6.07 Å². The summed E-state index contributed by atoms with van der Waals surface area (Å²) >= 11 is 0. The lowest BCUT2D eigenvalue weighted by molar-refractivity contribution is 0.0579. The van der Waals surface area contributed by atoms with Crippen molar-refractivity contribution in [1.82, 2.24) is 0 Å². The molecule has 1 aliphatic rings. The van der Waals surface area contributed by atoms with Crippen LogP contribution in [0.1, 0.15) is 24.4 Å². The van der Waals surface area contributed by atoms with Crippen molar-refractivity contribution in [1.29, 1.82) is 0 Å². The van der Waals surface area contributed by atoms with Gasteiger partial charge in [-0.25, -0.2) is 4.39 Å². The minimum Gasteiger partial charge on any atom is -0.493 e. The summed E-state index contributed by atoms with van der Waals surface area (Å²) in [7, 11) is 3.01. The Balaban J connectivity index is 0.00000200. The summed E-state index contributed by atoms with van der Waals surface area (Å²) in [5.74, 6) is 0.766. The third-order valence-electron chi connectivity index (χ3n) is 3.64. The van der Waals surface area contributed by atoms with Gasteiger partial charge in [0.1, 0.15) is 5.82 Å². The van der Waals surface area contributed by atoms with Crippen LogP contribution >= 0.6 is 12.4 Å². The van der Waals surface area contributed by atoms with Crippen molar-refractivity contribution in [3.05, 3.63) is 23.5 Å². The second-order valence-electron chi connectivity index (χ2n) is 4.70. The van der Waals surface area contributed by atoms with E-state index in [0.717, 1.165) is 12.8 Å². The Morgan fingerprint density at radius 2 is 1.75 bits per heavy atom. The van der Waals surface area contributed by atoms with Crippen LogP contribution in [0, 0.1) is 11.7 Å². The van der Waals surface area contributed by atoms with Crippen LogP contribution in [0.2, 0.25) is 0 Å². The normalized spacial score (nSPS) is 17.2.